The summed E-state index contributed by atoms with van der Waals surface area (Å²) >= 11 is 0. The maximum atomic E-state index is 10.9. The molecule has 2 bridgehead atoms. The van der Waals surface area contributed by atoms with Crippen molar-refractivity contribution >= 4 is 5.97 Å². The molecule has 0 aromatic heterocycles. The number of rotatable bonds is 2. The lowest BCUT2D eigenvalue weighted by Crippen LogP contribution is -2.53. The molecule has 5 unspecified atom stereocenters. The summed E-state index contributed by atoms with van der Waals surface area (Å²) in [5.41, 5.74) is 0.508. The van der Waals surface area contributed by atoms with E-state index in [0.717, 1.165) is 24.2 Å². The molecule has 4 aliphatic carbocycles. The molecule has 0 aromatic rings. The van der Waals surface area contributed by atoms with Gasteiger partial charge in [0.25, 0.3) is 0 Å². The van der Waals surface area contributed by atoms with Crippen LogP contribution >= 0.6 is 0 Å². The van der Waals surface area contributed by atoms with Crippen molar-refractivity contribution in [2.24, 2.45) is 35.0 Å². The van der Waals surface area contributed by atoms with Crippen LogP contribution in [0.3, 0.4) is 0 Å². The second kappa shape index (κ2) is 2.78. The maximum Gasteiger partial charge on any atom is 0.306 e. The second-order valence-electron chi connectivity index (χ2n) is 6.45. The third-order valence-electron chi connectivity index (χ3n) is 5.62. The fourth-order valence-corrected chi connectivity index (χ4v) is 4.35. The third-order valence-corrected chi connectivity index (χ3v) is 5.62. The fraction of sp³-hybridized carbons (Fsp3) is 0.923. The van der Waals surface area contributed by atoms with Crippen molar-refractivity contribution < 1.29 is 9.90 Å². The first kappa shape index (κ1) is 9.68. The molecule has 0 aliphatic heterocycles. The van der Waals surface area contributed by atoms with Crippen LogP contribution in [0.2, 0.25) is 0 Å². The Balaban J connectivity index is 1.71. The summed E-state index contributed by atoms with van der Waals surface area (Å²) in [4.78, 5) is 10.9. The summed E-state index contributed by atoms with van der Waals surface area (Å²) in [6.45, 7) is 4.77. The van der Waals surface area contributed by atoms with Crippen molar-refractivity contribution in [3.63, 3.8) is 0 Å². The van der Waals surface area contributed by atoms with Crippen molar-refractivity contribution in [2.45, 2.75) is 39.5 Å². The van der Waals surface area contributed by atoms with Crippen molar-refractivity contribution in [1.82, 2.24) is 0 Å². The summed E-state index contributed by atoms with van der Waals surface area (Å²) in [5.74, 6) is 2.45. The van der Waals surface area contributed by atoms with Gasteiger partial charge in [-0.05, 0) is 54.8 Å². The van der Waals surface area contributed by atoms with Gasteiger partial charge in [-0.25, -0.2) is 0 Å². The summed E-state index contributed by atoms with van der Waals surface area (Å²) in [7, 11) is 0. The van der Waals surface area contributed by atoms with Gasteiger partial charge in [0, 0.05) is 0 Å². The Kier molecular flexibility index (Phi) is 1.79. The van der Waals surface area contributed by atoms with Crippen molar-refractivity contribution in [3.05, 3.63) is 0 Å². The SMILES string of the molecule is CC1(C)C2CCC(C3CC3C(=O)O)C1C2. The number of hydrogen-bond acceptors (Lipinski definition) is 1. The average Bonchev–Trinajstić information content (AvgIpc) is 2.97. The molecule has 4 aliphatic rings. The number of carbonyl (C=O) groups is 1. The van der Waals surface area contributed by atoms with Crippen LogP contribution in [0.5, 0.6) is 0 Å². The molecule has 4 saturated carbocycles. The lowest BCUT2D eigenvalue weighted by molar-refractivity contribution is -0.141. The Hall–Kier alpha value is -0.530. The molecule has 84 valence electrons. The summed E-state index contributed by atoms with van der Waals surface area (Å²) in [6, 6.07) is 0. The van der Waals surface area contributed by atoms with Gasteiger partial charge in [-0.15, -0.1) is 0 Å². The molecule has 0 spiro atoms. The number of aliphatic carboxylic acids is 1. The van der Waals surface area contributed by atoms with Crippen LogP contribution in [0.1, 0.15) is 39.5 Å². The minimum absolute atomic E-state index is 0.00273. The Labute approximate surface area is 91.1 Å². The highest BCUT2D eigenvalue weighted by Crippen LogP contribution is 2.66. The third kappa shape index (κ3) is 1.20. The zero-order valence-electron chi connectivity index (χ0n) is 9.57. The van der Waals surface area contributed by atoms with E-state index >= 15 is 0 Å². The molecule has 1 N–H and O–H groups in total. The molecule has 0 radical (unpaired) electrons. The number of carboxylic acids is 1. The molecule has 4 rings (SSSR count). The van der Waals surface area contributed by atoms with E-state index in [9.17, 15) is 4.79 Å². The van der Waals surface area contributed by atoms with Gasteiger partial charge in [0.1, 0.15) is 0 Å². The second-order valence-corrected chi connectivity index (χ2v) is 6.45. The number of fused-ring (bicyclic) bond motifs is 2. The quantitative estimate of drug-likeness (QED) is 0.757. The molecule has 0 aromatic carbocycles. The number of carboxylic acid groups (broad SMARTS) is 1. The molecule has 0 heterocycles. The van der Waals surface area contributed by atoms with E-state index in [-0.39, 0.29) is 5.92 Å². The van der Waals surface area contributed by atoms with Gasteiger partial charge >= 0.3 is 5.97 Å². The molecule has 2 heteroatoms. The van der Waals surface area contributed by atoms with Crippen LogP contribution in [-0.2, 0) is 4.79 Å². The van der Waals surface area contributed by atoms with E-state index in [1.54, 1.807) is 0 Å². The van der Waals surface area contributed by atoms with Gasteiger partial charge in [0.2, 0.25) is 0 Å². The van der Waals surface area contributed by atoms with Gasteiger partial charge in [0.05, 0.1) is 5.92 Å². The molecule has 4 fully saturated rings. The first-order valence-electron chi connectivity index (χ1n) is 6.24. The maximum absolute atomic E-state index is 10.9. The van der Waals surface area contributed by atoms with E-state index < -0.39 is 5.97 Å². The van der Waals surface area contributed by atoms with Crippen LogP contribution in [-0.4, -0.2) is 11.1 Å². The fourth-order valence-electron chi connectivity index (χ4n) is 4.35. The highest BCUT2D eigenvalue weighted by molar-refractivity contribution is 5.73. The summed E-state index contributed by atoms with van der Waals surface area (Å²) < 4.78 is 0. The first-order valence-corrected chi connectivity index (χ1v) is 6.24. The Morgan fingerprint density at radius 1 is 1.20 bits per heavy atom. The van der Waals surface area contributed by atoms with Crippen LogP contribution in [0.4, 0.5) is 0 Å². The molecule has 0 amide bonds. The zero-order valence-corrected chi connectivity index (χ0v) is 9.57. The molecular weight excluding hydrogens is 188 g/mol. The molecule has 0 saturated heterocycles. The Bertz CT molecular complexity index is 306. The lowest BCUT2D eigenvalue weighted by Gasteiger charge is -2.60. The highest BCUT2D eigenvalue weighted by atomic mass is 16.4. The Morgan fingerprint density at radius 2 is 1.93 bits per heavy atom. The monoisotopic (exact) mass is 208 g/mol. The predicted molar refractivity (Wildman–Crippen MR) is 57.3 cm³/mol. The van der Waals surface area contributed by atoms with E-state index in [4.69, 9.17) is 5.11 Å². The summed E-state index contributed by atoms with van der Waals surface area (Å²) in [6.07, 6.45) is 4.97. The van der Waals surface area contributed by atoms with Crippen molar-refractivity contribution in [1.29, 1.82) is 0 Å². The van der Waals surface area contributed by atoms with Gasteiger partial charge in [0.15, 0.2) is 0 Å². The number of hydrogen-bond donors (Lipinski definition) is 1. The van der Waals surface area contributed by atoms with Gasteiger partial charge in [-0.1, -0.05) is 13.8 Å². The predicted octanol–water partition coefficient (Wildman–Crippen LogP) is 2.78. The van der Waals surface area contributed by atoms with E-state index in [2.05, 4.69) is 13.8 Å². The van der Waals surface area contributed by atoms with E-state index in [0.29, 0.717) is 11.3 Å². The minimum atomic E-state index is -0.556. The zero-order chi connectivity index (χ0) is 10.8. The van der Waals surface area contributed by atoms with Crippen molar-refractivity contribution in [2.75, 3.05) is 0 Å². The van der Waals surface area contributed by atoms with E-state index in [1.807, 2.05) is 0 Å². The van der Waals surface area contributed by atoms with Crippen molar-refractivity contribution in [3.8, 4) is 0 Å². The largest absolute Gasteiger partial charge is 0.481 e. The van der Waals surface area contributed by atoms with Crippen LogP contribution < -0.4 is 0 Å². The highest BCUT2D eigenvalue weighted by Gasteiger charge is 2.60. The van der Waals surface area contributed by atoms with Crippen LogP contribution in [0.25, 0.3) is 0 Å². The molecule has 15 heavy (non-hydrogen) atoms. The van der Waals surface area contributed by atoms with Crippen LogP contribution in [0.15, 0.2) is 0 Å². The molecule has 5 atom stereocenters. The van der Waals surface area contributed by atoms with Gasteiger partial charge < -0.3 is 5.11 Å². The smallest absolute Gasteiger partial charge is 0.306 e. The first-order chi connectivity index (χ1) is 7.01. The standard InChI is InChI=1S/C13H20O2/c1-13(2)7-3-4-8(11(13)5-7)9-6-10(9)12(14)15/h7-11H,3-6H2,1-2H3,(H,14,15). The lowest BCUT2D eigenvalue weighted by atomic mass is 9.45. The topological polar surface area (TPSA) is 37.3 Å². The van der Waals surface area contributed by atoms with Gasteiger partial charge in [-0.2, -0.15) is 0 Å². The summed E-state index contributed by atoms with van der Waals surface area (Å²) in [5, 5.41) is 8.98. The molecular formula is C13H20O2. The van der Waals surface area contributed by atoms with Crippen LogP contribution in [0, 0.1) is 35.0 Å². The Morgan fingerprint density at radius 3 is 2.40 bits per heavy atom. The minimum Gasteiger partial charge on any atom is -0.481 e. The average molecular weight is 208 g/mol. The normalized spacial score (nSPS) is 50.7. The molecule has 2 nitrogen and oxygen atoms in total. The van der Waals surface area contributed by atoms with Gasteiger partial charge in [-0.3, -0.25) is 4.79 Å². The van der Waals surface area contributed by atoms with E-state index in [1.165, 1.54) is 19.3 Å².